The van der Waals surface area contributed by atoms with Crippen LogP contribution in [0, 0.1) is 0 Å². The Balaban J connectivity index is 2.51. The van der Waals surface area contributed by atoms with Crippen LogP contribution in [0.25, 0.3) is 10.9 Å². The second-order valence-electron chi connectivity index (χ2n) is 3.49. The Bertz CT molecular complexity index is 508. The predicted octanol–water partition coefficient (Wildman–Crippen LogP) is 2.42. The summed E-state index contributed by atoms with van der Waals surface area (Å²) in [6.45, 7) is 1.64. The van der Waals surface area contributed by atoms with Crippen LogP contribution in [0.3, 0.4) is 0 Å². The van der Waals surface area contributed by atoms with Gasteiger partial charge in [0.15, 0.2) is 0 Å². The zero-order valence-corrected chi connectivity index (χ0v) is 8.34. The number of hydrogen-bond donors (Lipinski definition) is 1. The van der Waals surface area contributed by atoms with Crippen LogP contribution < -0.4 is 0 Å². The van der Waals surface area contributed by atoms with E-state index >= 15 is 0 Å². The second kappa shape index (κ2) is 3.69. The van der Waals surface area contributed by atoms with Crippen LogP contribution in [0.4, 0.5) is 0 Å². The van der Waals surface area contributed by atoms with Crippen molar-refractivity contribution in [2.24, 2.45) is 0 Å². The Morgan fingerprint density at radius 1 is 1.27 bits per heavy atom. The minimum atomic E-state index is -0.849. The Labute approximate surface area is 87.4 Å². The predicted molar refractivity (Wildman–Crippen MR) is 57.8 cm³/mol. The van der Waals surface area contributed by atoms with E-state index in [1.54, 1.807) is 13.0 Å². The van der Waals surface area contributed by atoms with Gasteiger partial charge in [0.05, 0.1) is 17.1 Å². The van der Waals surface area contributed by atoms with Crippen molar-refractivity contribution in [2.75, 3.05) is 0 Å². The maximum absolute atomic E-state index is 10.8. The Morgan fingerprint density at radius 2 is 2.00 bits per heavy atom. The Hall–Kier alpha value is -1.90. The highest BCUT2D eigenvalue weighted by Gasteiger charge is 2.14. The van der Waals surface area contributed by atoms with Gasteiger partial charge in [0.2, 0.25) is 0 Å². The molecule has 1 heterocycles. The van der Waals surface area contributed by atoms with E-state index in [-0.39, 0.29) is 0 Å². The van der Waals surface area contributed by atoms with Gasteiger partial charge in [-0.05, 0) is 19.1 Å². The molecule has 0 aliphatic carbocycles. The number of aromatic nitrogens is 1. The first-order valence-electron chi connectivity index (χ1n) is 4.77. The molecular weight excluding hydrogens is 190 g/mol. The fraction of sp³-hybridized carbons (Fsp3) is 0.167. The van der Waals surface area contributed by atoms with Gasteiger partial charge < -0.3 is 5.11 Å². The van der Waals surface area contributed by atoms with Gasteiger partial charge in [-0.25, -0.2) is 0 Å². The van der Waals surface area contributed by atoms with Crippen molar-refractivity contribution in [3.8, 4) is 0 Å². The van der Waals surface area contributed by atoms with E-state index < -0.39 is 11.9 Å². The molecule has 0 aliphatic rings. The number of carbonyl (C=O) groups is 1. The standard InChI is InChI=1S/C12H11NO2/c1-8(12(14)15)10-7-6-9-4-2-3-5-11(9)13-10/h2-8H,1H3,(H,14,15). The summed E-state index contributed by atoms with van der Waals surface area (Å²) in [5, 5.41) is 9.89. The van der Waals surface area contributed by atoms with Crippen LogP contribution in [0.1, 0.15) is 18.5 Å². The van der Waals surface area contributed by atoms with E-state index in [4.69, 9.17) is 5.11 Å². The minimum Gasteiger partial charge on any atom is -0.481 e. The van der Waals surface area contributed by atoms with Crippen LogP contribution in [-0.4, -0.2) is 16.1 Å². The van der Waals surface area contributed by atoms with E-state index in [1.165, 1.54) is 0 Å². The van der Waals surface area contributed by atoms with Crippen LogP contribution in [0.5, 0.6) is 0 Å². The molecule has 0 radical (unpaired) electrons. The summed E-state index contributed by atoms with van der Waals surface area (Å²) in [5.74, 6) is -1.41. The van der Waals surface area contributed by atoms with Crippen molar-refractivity contribution >= 4 is 16.9 Å². The van der Waals surface area contributed by atoms with Crippen LogP contribution >= 0.6 is 0 Å². The van der Waals surface area contributed by atoms with Crippen molar-refractivity contribution < 1.29 is 9.90 Å². The first-order chi connectivity index (χ1) is 7.18. The second-order valence-corrected chi connectivity index (χ2v) is 3.49. The summed E-state index contributed by atoms with van der Waals surface area (Å²) >= 11 is 0. The van der Waals surface area contributed by atoms with Crippen LogP contribution in [-0.2, 0) is 4.79 Å². The highest BCUT2D eigenvalue weighted by molar-refractivity contribution is 5.80. The molecule has 1 unspecified atom stereocenters. The number of pyridine rings is 1. The van der Waals surface area contributed by atoms with E-state index in [9.17, 15) is 4.79 Å². The highest BCUT2D eigenvalue weighted by Crippen LogP contribution is 2.17. The monoisotopic (exact) mass is 201 g/mol. The lowest BCUT2D eigenvalue weighted by molar-refractivity contribution is -0.138. The molecule has 0 bridgehead atoms. The number of carboxylic acid groups (broad SMARTS) is 1. The number of nitrogens with zero attached hydrogens (tertiary/aromatic N) is 1. The Kier molecular flexibility index (Phi) is 2.37. The molecule has 1 N–H and O–H groups in total. The van der Waals surface area contributed by atoms with Gasteiger partial charge in [-0.3, -0.25) is 9.78 Å². The minimum absolute atomic E-state index is 0.561. The molecule has 1 aromatic carbocycles. The molecule has 0 saturated heterocycles. The van der Waals surface area contributed by atoms with E-state index in [1.807, 2.05) is 30.3 Å². The molecule has 2 rings (SSSR count). The average Bonchev–Trinajstić information content (AvgIpc) is 2.27. The number of hydrogen-bond acceptors (Lipinski definition) is 2. The molecule has 0 aliphatic heterocycles. The summed E-state index contributed by atoms with van der Waals surface area (Å²) in [6.07, 6.45) is 0. The fourth-order valence-electron chi connectivity index (χ4n) is 1.45. The molecule has 0 fully saturated rings. The van der Waals surface area contributed by atoms with Gasteiger partial charge >= 0.3 is 5.97 Å². The van der Waals surface area contributed by atoms with Gasteiger partial charge in [-0.1, -0.05) is 24.3 Å². The van der Waals surface area contributed by atoms with Gasteiger partial charge in [0, 0.05) is 5.39 Å². The first kappa shape index (κ1) is 9.65. The zero-order chi connectivity index (χ0) is 10.8. The normalized spacial score (nSPS) is 12.6. The van der Waals surface area contributed by atoms with Crippen molar-refractivity contribution in [2.45, 2.75) is 12.8 Å². The first-order valence-corrected chi connectivity index (χ1v) is 4.77. The SMILES string of the molecule is CC(C(=O)O)c1ccc2ccccc2n1. The fourth-order valence-corrected chi connectivity index (χ4v) is 1.45. The van der Waals surface area contributed by atoms with E-state index in [2.05, 4.69) is 4.98 Å². The molecule has 15 heavy (non-hydrogen) atoms. The van der Waals surface area contributed by atoms with E-state index in [0.29, 0.717) is 5.69 Å². The van der Waals surface area contributed by atoms with Crippen LogP contribution in [0.15, 0.2) is 36.4 Å². The number of carboxylic acids is 1. The van der Waals surface area contributed by atoms with Crippen molar-refractivity contribution in [3.63, 3.8) is 0 Å². The Morgan fingerprint density at radius 3 is 2.73 bits per heavy atom. The number of benzene rings is 1. The van der Waals surface area contributed by atoms with Crippen molar-refractivity contribution in [3.05, 3.63) is 42.1 Å². The quantitative estimate of drug-likeness (QED) is 0.811. The molecular formula is C12H11NO2. The maximum Gasteiger partial charge on any atom is 0.312 e. The average molecular weight is 201 g/mol. The summed E-state index contributed by atoms with van der Waals surface area (Å²) in [6, 6.07) is 11.3. The third kappa shape index (κ3) is 1.81. The number of para-hydroxylation sites is 1. The van der Waals surface area contributed by atoms with Crippen molar-refractivity contribution in [1.82, 2.24) is 4.98 Å². The summed E-state index contributed by atoms with van der Waals surface area (Å²) in [4.78, 5) is 15.1. The van der Waals surface area contributed by atoms with Crippen molar-refractivity contribution in [1.29, 1.82) is 0 Å². The van der Waals surface area contributed by atoms with Gasteiger partial charge in [-0.2, -0.15) is 0 Å². The molecule has 1 atom stereocenters. The number of rotatable bonds is 2. The van der Waals surface area contributed by atoms with Gasteiger partial charge in [0.1, 0.15) is 0 Å². The van der Waals surface area contributed by atoms with Crippen LogP contribution in [0.2, 0.25) is 0 Å². The molecule has 2 aromatic rings. The summed E-state index contributed by atoms with van der Waals surface area (Å²) in [5.41, 5.74) is 1.43. The number of aliphatic carboxylic acids is 1. The maximum atomic E-state index is 10.8. The lowest BCUT2D eigenvalue weighted by atomic mass is 10.1. The topological polar surface area (TPSA) is 50.2 Å². The highest BCUT2D eigenvalue weighted by atomic mass is 16.4. The zero-order valence-electron chi connectivity index (χ0n) is 8.34. The molecule has 3 nitrogen and oxygen atoms in total. The molecule has 0 amide bonds. The number of fused-ring (bicyclic) bond motifs is 1. The molecule has 0 saturated carbocycles. The molecule has 76 valence electrons. The largest absolute Gasteiger partial charge is 0.481 e. The summed E-state index contributed by atoms with van der Waals surface area (Å²) in [7, 11) is 0. The van der Waals surface area contributed by atoms with E-state index in [0.717, 1.165) is 10.9 Å². The molecule has 3 heteroatoms. The van der Waals surface area contributed by atoms with Gasteiger partial charge in [0.25, 0.3) is 0 Å². The third-order valence-electron chi connectivity index (χ3n) is 2.43. The molecule has 1 aromatic heterocycles. The van der Waals surface area contributed by atoms with Gasteiger partial charge in [-0.15, -0.1) is 0 Å². The lowest BCUT2D eigenvalue weighted by Gasteiger charge is -2.06. The smallest absolute Gasteiger partial charge is 0.312 e. The lowest BCUT2D eigenvalue weighted by Crippen LogP contribution is -2.08. The summed E-state index contributed by atoms with van der Waals surface area (Å²) < 4.78 is 0. The third-order valence-corrected chi connectivity index (χ3v) is 2.43. The molecule has 0 spiro atoms.